The summed E-state index contributed by atoms with van der Waals surface area (Å²) in [5, 5.41) is 3.01. The molecule has 1 amide bonds. The second kappa shape index (κ2) is 7.84. The summed E-state index contributed by atoms with van der Waals surface area (Å²) in [5.74, 6) is -1.04. The number of nitrogens with one attached hydrogen (secondary N) is 1. The van der Waals surface area contributed by atoms with Gasteiger partial charge in [0, 0.05) is 17.6 Å². The predicted octanol–water partition coefficient (Wildman–Crippen LogP) is 4.71. The first-order valence-electron chi connectivity index (χ1n) is 9.44. The molecule has 0 saturated heterocycles. The topological polar surface area (TPSA) is 32.3 Å². The Morgan fingerprint density at radius 2 is 1.82 bits per heavy atom. The van der Waals surface area contributed by atoms with Gasteiger partial charge in [-0.1, -0.05) is 36.4 Å². The number of carbonyl (C=O) groups excluding carboxylic acids is 1. The fourth-order valence-electron chi connectivity index (χ4n) is 3.49. The monoisotopic (exact) mass is 384 g/mol. The molecule has 1 aliphatic rings. The van der Waals surface area contributed by atoms with E-state index in [0.717, 1.165) is 17.7 Å². The van der Waals surface area contributed by atoms with Gasteiger partial charge in [-0.2, -0.15) is 0 Å². The molecule has 1 aliphatic heterocycles. The van der Waals surface area contributed by atoms with E-state index in [9.17, 15) is 13.6 Å². The molecule has 1 N–H and O–H groups in total. The fourth-order valence-corrected chi connectivity index (χ4v) is 3.49. The van der Waals surface area contributed by atoms with Crippen LogP contribution in [0.2, 0.25) is 0 Å². The molecule has 0 saturated carbocycles. The fraction of sp³-hybridized carbons (Fsp3) is 0.348. The Morgan fingerprint density at radius 3 is 2.46 bits per heavy atom. The molecule has 0 aliphatic carbocycles. The molecule has 0 bridgehead atoms. The van der Waals surface area contributed by atoms with Crippen LogP contribution in [-0.4, -0.2) is 28.9 Å². The van der Waals surface area contributed by atoms with Gasteiger partial charge in [0.15, 0.2) is 0 Å². The minimum absolute atomic E-state index is 0.0946. The lowest BCUT2D eigenvalue weighted by Gasteiger charge is -2.32. The van der Waals surface area contributed by atoms with E-state index in [0.29, 0.717) is 12.1 Å². The van der Waals surface area contributed by atoms with Gasteiger partial charge in [0.25, 0.3) is 0 Å². The Bertz CT molecular complexity index is 887. The number of halogens is 2. The minimum atomic E-state index is -0.481. The van der Waals surface area contributed by atoms with Crippen molar-refractivity contribution in [3.63, 3.8) is 0 Å². The molecule has 0 aromatic heterocycles. The number of amides is 1. The summed E-state index contributed by atoms with van der Waals surface area (Å²) in [6.07, 6.45) is 1.92. The van der Waals surface area contributed by atoms with E-state index >= 15 is 0 Å². The Hall–Kier alpha value is -2.53. The van der Waals surface area contributed by atoms with Crippen molar-refractivity contribution in [1.29, 1.82) is 0 Å². The first kappa shape index (κ1) is 20.2. The maximum Gasteiger partial charge on any atom is 0.237 e. The van der Waals surface area contributed by atoms with E-state index < -0.39 is 17.7 Å². The third kappa shape index (κ3) is 4.47. The standard InChI is InChI=1S/C23H26F2N2O/c1-15(22(28)26-23(2,3)4)27-14-17(19-13-18(24)10-11-20(19)25)12-21(27)16-8-6-5-7-9-16/h5-13,15,21H,14H2,1-4H3,(H,26,28)/t15?,21-/m0/s1. The molecule has 28 heavy (non-hydrogen) atoms. The van der Waals surface area contributed by atoms with Crippen LogP contribution in [0.1, 0.15) is 44.9 Å². The van der Waals surface area contributed by atoms with Crippen molar-refractivity contribution in [2.75, 3.05) is 6.54 Å². The first-order chi connectivity index (χ1) is 13.2. The van der Waals surface area contributed by atoms with Gasteiger partial charge in [0.05, 0.1) is 12.1 Å². The Morgan fingerprint density at radius 1 is 1.14 bits per heavy atom. The smallest absolute Gasteiger partial charge is 0.237 e. The van der Waals surface area contributed by atoms with Crippen molar-refractivity contribution in [2.45, 2.75) is 45.3 Å². The van der Waals surface area contributed by atoms with Gasteiger partial charge in [-0.3, -0.25) is 9.69 Å². The van der Waals surface area contributed by atoms with Gasteiger partial charge in [-0.15, -0.1) is 0 Å². The van der Waals surface area contributed by atoms with Crippen LogP contribution >= 0.6 is 0 Å². The third-order valence-electron chi connectivity index (χ3n) is 4.86. The largest absolute Gasteiger partial charge is 0.350 e. The Balaban J connectivity index is 1.96. The molecule has 3 rings (SSSR count). The van der Waals surface area contributed by atoms with E-state index in [-0.39, 0.29) is 23.1 Å². The highest BCUT2D eigenvalue weighted by atomic mass is 19.1. The summed E-state index contributed by atoms with van der Waals surface area (Å²) in [6.45, 7) is 8.00. The van der Waals surface area contributed by atoms with Crippen LogP contribution in [0.25, 0.3) is 5.57 Å². The number of nitrogens with zero attached hydrogens (tertiary/aromatic N) is 1. The van der Waals surface area contributed by atoms with E-state index in [2.05, 4.69) is 5.32 Å². The number of rotatable bonds is 4. The molecule has 148 valence electrons. The van der Waals surface area contributed by atoms with E-state index in [1.165, 1.54) is 6.07 Å². The summed E-state index contributed by atoms with van der Waals surface area (Å²) in [7, 11) is 0. The zero-order valence-corrected chi connectivity index (χ0v) is 16.7. The molecule has 2 aromatic carbocycles. The average molecular weight is 384 g/mol. The Kier molecular flexibility index (Phi) is 5.66. The van der Waals surface area contributed by atoms with Crippen molar-refractivity contribution in [2.24, 2.45) is 0 Å². The second-order valence-corrected chi connectivity index (χ2v) is 8.26. The van der Waals surface area contributed by atoms with E-state index in [4.69, 9.17) is 0 Å². The van der Waals surface area contributed by atoms with Crippen LogP contribution in [-0.2, 0) is 4.79 Å². The lowest BCUT2D eigenvalue weighted by atomic mass is 10.0. The van der Waals surface area contributed by atoms with Crippen molar-refractivity contribution in [3.8, 4) is 0 Å². The van der Waals surface area contributed by atoms with Gasteiger partial charge < -0.3 is 5.32 Å². The second-order valence-electron chi connectivity index (χ2n) is 8.26. The summed E-state index contributed by atoms with van der Waals surface area (Å²) < 4.78 is 28.1. The number of benzene rings is 2. The van der Waals surface area contributed by atoms with Crippen LogP contribution in [0.3, 0.4) is 0 Å². The van der Waals surface area contributed by atoms with Crippen LogP contribution in [0, 0.1) is 11.6 Å². The van der Waals surface area contributed by atoms with E-state index in [1.807, 2.05) is 69.0 Å². The minimum Gasteiger partial charge on any atom is -0.350 e. The van der Waals surface area contributed by atoms with E-state index in [1.54, 1.807) is 0 Å². The maximum atomic E-state index is 14.4. The molecular weight excluding hydrogens is 358 g/mol. The normalized spacial score (nSPS) is 18.6. The highest BCUT2D eigenvalue weighted by molar-refractivity contribution is 5.83. The summed E-state index contributed by atoms with van der Waals surface area (Å²) in [4.78, 5) is 14.8. The highest BCUT2D eigenvalue weighted by Gasteiger charge is 2.35. The van der Waals surface area contributed by atoms with Gasteiger partial charge in [-0.05, 0) is 57.0 Å². The van der Waals surface area contributed by atoms with Crippen molar-refractivity contribution in [3.05, 3.63) is 77.4 Å². The van der Waals surface area contributed by atoms with Gasteiger partial charge >= 0.3 is 0 Å². The number of hydrogen-bond donors (Lipinski definition) is 1. The molecule has 3 nitrogen and oxygen atoms in total. The average Bonchev–Trinajstić information content (AvgIpc) is 3.07. The highest BCUT2D eigenvalue weighted by Crippen LogP contribution is 2.37. The van der Waals surface area contributed by atoms with Crippen LogP contribution in [0.5, 0.6) is 0 Å². The van der Waals surface area contributed by atoms with Crippen LogP contribution in [0.15, 0.2) is 54.6 Å². The molecule has 5 heteroatoms. The number of carbonyl (C=O) groups is 1. The maximum absolute atomic E-state index is 14.4. The molecular formula is C23H26F2N2O. The lowest BCUT2D eigenvalue weighted by molar-refractivity contribution is -0.127. The molecule has 1 unspecified atom stereocenters. The molecule has 0 radical (unpaired) electrons. The molecule has 0 spiro atoms. The Labute approximate surface area is 165 Å². The summed E-state index contributed by atoms with van der Waals surface area (Å²) in [6, 6.07) is 12.6. The van der Waals surface area contributed by atoms with Crippen molar-refractivity contribution in [1.82, 2.24) is 10.2 Å². The number of hydrogen-bond acceptors (Lipinski definition) is 2. The molecule has 2 atom stereocenters. The zero-order chi connectivity index (χ0) is 20.5. The quantitative estimate of drug-likeness (QED) is 0.828. The van der Waals surface area contributed by atoms with Gasteiger partial charge in [0.1, 0.15) is 11.6 Å². The third-order valence-corrected chi connectivity index (χ3v) is 4.86. The van der Waals surface area contributed by atoms with Crippen molar-refractivity contribution < 1.29 is 13.6 Å². The summed E-state index contributed by atoms with van der Waals surface area (Å²) >= 11 is 0. The molecule has 0 fully saturated rings. The SMILES string of the molecule is CC(C(=O)NC(C)(C)C)N1CC(c2cc(F)ccc2F)=C[C@H]1c1ccccc1. The molecule has 1 heterocycles. The van der Waals surface area contributed by atoms with Crippen LogP contribution in [0.4, 0.5) is 8.78 Å². The predicted molar refractivity (Wildman–Crippen MR) is 108 cm³/mol. The lowest BCUT2D eigenvalue weighted by Crippen LogP contribution is -2.51. The zero-order valence-electron chi connectivity index (χ0n) is 16.7. The summed E-state index contributed by atoms with van der Waals surface area (Å²) in [5.41, 5.74) is 1.58. The first-order valence-corrected chi connectivity index (χ1v) is 9.44. The van der Waals surface area contributed by atoms with Gasteiger partial charge in [-0.25, -0.2) is 8.78 Å². The van der Waals surface area contributed by atoms with Crippen molar-refractivity contribution >= 4 is 11.5 Å². The van der Waals surface area contributed by atoms with Crippen LogP contribution < -0.4 is 5.32 Å². The van der Waals surface area contributed by atoms with Gasteiger partial charge in [0.2, 0.25) is 5.91 Å². The molecule has 2 aromatic rings.